The van der Waals surface area contributed by atoms with E-state index in [2.05, 4.69) is 51.2 Å². The summed E-state index contributed by atoms with van der Waals surface area (Å²) in [6.07, 6.45) is 10.5. The van der Waals surface area contributed by atoms with Crippen LogP contribution < -0.4 is 0 Å². The molecule has 0 spiro atoms. The normalized spacial score (nSPS) is 18.0. The van der Waals surface area contributed by atoms with Crippen LogP contribution in [0.4, 0.5) is 0 Å². The lowest BCUT2D eigenvalue weighted by molar-refractivity contribution is -0.0263. The highest BCUT2D eigenvalue weighted by atomic mass is 16.5. The first-order chi connectivity index (χ1) is 13.8. The fourth-order valence-electron chi connectivity index (χ4n) is 3.29. The van der Waals surface area contributed by atoms with Gasteiger partial charge in [-0.1, -0.05) is 23.8 Å². The van der Waals surface area contributed by atoms with Crippen molar-refractivity contribution < 1.29 is 18.9 Å². The zero-order valence-electron chi connectivity index (χ0n) is 19.6. The van der Waals surface area contributed by atoms with E-state index < -0.39 is 0 Å². The molecule has 29 heavy (non-hydrogen) atoms. The Morgan fingerprint density at radius 2 is 1.41 bits per heavy atom. The molecule has 5 heteroatoms. The second-order valence-corrected chi connectivity index (χ2v) is 7.63. The van der Waals surface area contributed by atoms with Crippen molar-refractivity contribution in [3.8, 4) is 0 Å². The van der Waals surface area contributed by atoms with Gasteiger partial charge < -0.3 is 18.9 Å². The number of rotatable bonds is 17. The van der Waals surface area contributed by atoms with Gasteiger partial charge in [0.25, 0.3) is 0 Å². The molecule has 0 aromatic rings. The van der Waals surface area contributed by atoms with Gasteiger partial charge in [0.05, 0.1) is 24.4 Å². The van der Waals surface area contributed by atoms with E-state index in [1.54, 1.807) is 28.4 Å². The van der Waals surface area contributed by atoms with Crippen LogP contribution in [0.25, 0.3) is 0 Å². The van der Waals surface area contributed by atoms with Crippen LogP contribution >= 0.6 is 0 Å². The zero-order chi connectivity index (χ0) is 22.2. The van der Waals surface area contributed by atoms with Crippen LogP contribution in [0, 0.1) is 0 Å². The molecule has 0 heterocycles. The van der Waals surface area contributed by atoms with Crippen molar-refractivity contribution in [1.29, 1.82) is 0 Å². The van der Waals surface area contributed by atoms with Gasteiger partial charge in [-0.3, -0.25) is 4.99 Å². The predicted octanol–water partition coefficient (Wildman–Crippen LogP) is 5.16. The Kier molecular flexibility index (Phi) is 15.8. The topological polar surface area (TPSA) is 49.3 Å². The third-order valence-corrected chi connectivity index (χ3v) is 5.30. The quantitative estimate of drug-likeness (QED) is 0.189. The predicted molar refractivity (Wildman–Crippen MR) is 123 cm³/mol. The second-order valence-electron chi connectivity index (χ2n) is 7.63. The molecule has 0 aromatic carbocycles. The average molecular weight is 410 g/mol. The number of aliphatic imine (C=N–C) groups is 1. The van der Waals surface area contributed by atoms with E-state index in [9.17, 15) is 0 Å². The minimum atomic E-state index is -0.0119. The van der Waals surface area contributed by atoms with Crippen LogP contribution in [-0.2, 0) is 18.9 Å². The fourth-order valence-corrected chi connectivity index (χ4v) is 3.29. The van der Waals surface area contributed by atoms with Crippen LogP contribution in [-0.4, -0.2) is 65.6 Å². The van der Waals surface area contributed by atoms with Crippen molar-refractivity contribution in [2.75, 3.05) is 28.4 Å². The molecule has 5 unspecified atom stereocenters. The number of nitrogens with zero attached hydrogens (tertiary/aromatic N) is 1. The van der Waals surface area contributed by atoms with Gasteiger partial charge in [-0.25, -0.2) is 0 Å². The van der Waals surface area contributed by atoms with Gasteiger partial charge in [0.1, 0.15) is 0 Å². The van der Waals surface area contributed by atoms with E-state index in [0.717, 1.165) is 32.1 Å². The number of hydrogen-bond donors (Lipinski definition) is 0. The lowest BCUT2D eigenvalue weighted by Gasteiger charge is -2.27. The summed E-state index contributed by atoms with van der Waals surface area (Å²) in [7, 11) is 6.96. The van der Waals surface area contributed by atoms with E-state index in [0.29, 0.717) is 0 Å². The van der Waals surface area contributed by atoms with Crippen molar-refractivity contribution in [3.63, 3.8) is 0 Å². The van der Waals surface area contributed by atoms with Crippen molar-refractivity contribution in [3.05, 3.63) is 36.0 Å². The number of methoxy groups -OCH3 is 4. The standard InChI is InChI=1S/C24H43NO4/c1-10-11-21(26-6)15-22(27-7)16-23(28-8)17-24(29-9)19(3)14-18(2)12-13-20(4)25-5/h10,12,14,20-24H,1,5,11,13,15-17H2,2-4,6-9H3. The molecule has 0 aliphatic rings. The van der Waals surface area contributed by atoms with Crippen LogP contribution in [0.5, 0.6) is 0 Å². The zero-order valence-corrected chi connectivity index (χ0v) is 19.6. The Hall–Kier alpha value is -1.27. The van der Waals surface area contributed by atoms with Crippen LogP contribution in [0.1, 0.15) is 52.9 Å². The molecule has 5 atom stereocenters. The van der Waals surface area contributed by atoms with E-state index >= 15 is 0 Å². The van der Waals surface area contributed by atoms with E-state index in [1.807, 2.05) is 6.08 Å². The first-order valence-corrected chi connectivity index (χ1v) is 10.4. The van der Waals surface area contributed by atoms with Crippen LogP contribution in [0.3, 0.4) is 0 Å². The van der Waals surface area contributed by atoms with Crippen molar-refractivity contribution in [2.45, 2.75) is 83.3 Å². The smallest absolute Gasteiger partial charge is 0.0806 e. The molecule has 0 fully saturated rings. The minimum Gasteiger partial charge on any atom is -0.381 e. The first-order valence-electron chi connectivity index (χ1n) is 10.4. The third-order valence-electron chi connectivity index (χ3n) is 5.30. The summed E-state index contributed by atoms with van der Waals surface area (Å²) in [5, 5.41) is 0. The molecule has 0 saturated carbocycles. The van der Waals surface area contributed by atoms with Gasteiger partial charge in [0.15, 0.2) is 0 Å². The van der Waals surface area contributed by atoms with Crippen LogP contribution in [0.2, 0.25) is 0 Å². The van der Waals surface area contributed by atoms with Gasteiger partial charge in [0.2, 0.25) is 0 Å². The largest absolute Gasteiger partial charge is 0.381 e. The summed E-state index contributed by atoms with van der Waals surface area (Å²) in [6, 6.07) is 0.234. The summed E-state index contributed by atoms with van der Waals surface area (Å²) in [5.41, 5.74) is 2.38. The molecular formula is C24H43NO4. The van der Waals surface area contributed by atoms with Crippen molar-refractivity contribution >= 4 is 6.72 Å². The molecule has 0 aliphatic heterocycles. The lowest BCUT2D eigenvalue weighted by atomic mass is 9.96. The molecule has 0 radical (unpaired) electrons. The Bertz CT molecular complexity index is 515. The molecule has 0 amide bonds. The van der Waals surface area contributed by atoms with E-state index in [4.69, 9.17) is 18.9 Å². The van der Waals surface area contributed by atoms with Crippen molar-refractivity contribution in [2.24, 2.45) is 4.99 Å². The Morgan fingerprint density at radius 1 is 0.862 bits per heavy atom. The molecule has 0 saturated heterocycles. The molecule has 0 N–H and O–H groups in total. The van der Waals surface area contributed by atoms with Gasteiger partial charge in [-0.15, -0.1) is 6.58 Å². The Labute approximate surface area is 178 Å². The van der Waals surface area contributed by atoms with Gasteiger partial charge in [-0.05, 0) is 52.3 Å². The Morgan fingerprint density at radius 3 is 1.90 bits per heavy atom. The van der Waals surface area contributed by atoms with Crippen molar-refractivity contribution in [1.82, 2.24) is 0 Å². The molecular weight excluding hydrogens is 366 g/mol. The maximum absolute atomic E-state index is 5.77. The summed E-state index contributed by atoms with van der Waals surface area (Å²) in [6.45, 7) is 13.7. The van der Waals surface area contributed by atoms with E-state index in [1.165, 1.54) is 11.1 Å². The van der Waals surface area contributed by atoms with Gasteiger partial charge in [-0.2, -0.15) is 0 Å². The molecule has 0 rings (SSSR count). The molecule has 168 valence electrons. The molecule has 0 aliphatic carbocycles. The second kappa shape index (κ2) is 16.5. The number of hydrogen-bond acceptors (Lipinski definition) is 5. The highest BCUT2D eigenvalue weighted by Crippen LogP contribution is 2.22. The number of allylic oxidation sites excluding steroid dienone is 2. The average Bonchev–Trinajstić information content (AvgIpc) is 2.73. The van der Waals surface area contributed by atoms with Gasteiger partial charge in [0, 0.05) is 47.3 Å². The fraction of sp³-hybridized carbons (Fsp3) is 0.708. The Balaban J connectivity index is 5.00. The van der Waals surface area contributed by atoms with Crippen LogP contribution in [0.15, 0.2) is 40.9 Å². The molecule has 0 bridgehead atoms. The molecule has 0 aromatic heterocycles. The summed E-state index contributed by atoms with van der Waals surface area (Å²) < 4.78 is 22.7. The molecule has 5 nitrogen and oxygen atoms in total. The minimum absolute atomic E-state index is 0.0119. The summed E-state index contributed by atoms with van der Waals surface area (Å²) in [4.78, 5) is 4.03. The monoisotopic (exact) mass is 409 g/mol. The highest BCUT2D eigenvalue weighted by Gasteiger charge is 2.23. The summed E-state index contributed by atoms with van der Waals surface area (Å²) in [5.74, 6) is 0. The maximum atomic E-state index is 5.77. The van der Waals surface area contributed by atoms with E-state index in [-0.39, 0.29) is 30.5 Å². The number of ether oxygens (including phenoxy) is 4. The third kappa shape index (κ3) is 12.1. The van der Waals surface area contributed by atoms with Gasteiger partial charge >= 0.3 is 0 Å². The lowest BCUT2D eigenvalue weighted by Crippen LogP contribution is -2.30. The highest BCUT2D eigenvalue weighted by molar-refractivity contribution is 5.25. The SMILES string of the molecule is C=CCC(CC(CC(CC(OC)C(C)=CC(C)=CCC(C)N=C)OC)OC)OC. The summed E-state index contributed by atoms with van der Waals surface area (Å²) >= 11 is 0. The first kappa shape index (κ1) is 27.7. The maximum Gasteiger partial charge on any atom is 0.0806 e.